The van der Waals surface area contributed by atoms with E-state index in [1.165, 1.54) is 0 Å². The normalized spacial score (nSPS) is 12.9. The third-order valence-electron chi connectivity index (χ3n) is 4.57. The first-order valence-electron chi connectivity index (χ1n) is 9.09. The lowest BCUT2D eigenvalue weighted by Crippen LogP contribution is -2.36. The number of amides is 1. The minimum absolute atomic E-state index is 0.112. The molecule has 0 unspecified atom stereocenters. The number of aliphatic carboxylic acids is 1. The number of hydrogen-bond acceptors (Lipinski definition) is 5. The van der Waals surface area contributed by atoms with Crippen LogP contribution in [0.4, 0.5) is 0 Å². The second kappa shape index (κ2) is 8.65. The van der Waals surface area contributed by atoms with Crippen molar-refractivity contribution in [1.29, 1.82) is 0 Å². The lowest BCUT2D eigenvalue weighted by atomic mass is 9.98. The third-order valence-corrected chi connectivity index (χ3v) is 4.57. The van der Waals surface area contributed by atoms with Gasteiger partial charge in [-0.1, -0.05) is 12.1 Å². The molecule has 0 spiro atoms. The Labute approximate surface area is 163 Å². The van der Waals surface area contributed by atoms with Crippen molar-refractivity contribution < 1.29 is 28.9 Å². The predicted molar refractivity (Wildman–Crippen MR) is 102 cm³/mol. The second-order valence-corrected chi connectivity index (χ2v) is 6.35. The second-order valence-electron chi connectivity index (χ2n) is 6.35. The Morgan fingerprint density at radius 3 is 2.64 bits per heavy atom. The number of nitrogens with zero attached hydrogens (tertiary/aromatic N) is 1. The minimum atomic E-state index is -1.08. The molecule has 148 valence electrons. The van der Waals surface area contributed by atoms with Crippen LogP contribution in [0.5, 0.6) is 17.2 Å². The topological polar surface area (TPSA) is 85.3 Å². The Morgan fingerprint density at radius 2 is 1.93 bits per heavy atom. The van der Waals surface area contributed by atoms with Gasteiger partial charge in [0.1, 0.15) is 5.75 Å². The number of benzene rings is 2. The highest BCUT2D eigenvalue weighted by Crippen LogP contribution is 2.31. The van der Waals surface area contributed by atoms with E-state index in [9.17, 15) is 9.59 Å². The molecule has 0 aromatic heterocycles. The monoisotopic (exact) mass is 385 g/mol. The lowest BCUT2D eigenvalue weighted by Gasteiger charge is -2.30. The summed E-state index contributed by atoms with van der Waals surface area (Å²) in [6.45, 7) is 2.81. The summed E-state index contributed by atoms with van der Waals surface area (Å²) in [7, 11) is 1.65. The summed E-state index contributed by atoms with van der Waals surface area (Å²) in [5.74, 6) is 0.315. The number of carbonyl (C=O) groups is 2. The van der Waals surface area contributed by atoms with Crippen LogP contribution in [0.15, 0.2) is 36.4 Å². The SMILES string of the molecule is CCOc1cc(C(=O)N2CCc3c(cccc3OC)C2)ccc1OCC(=O)O. The number of carboxylic acid groups (broad SMARTS) is 1. The molecule has 3 rings (SSSR count). The molecular weight excluding hydrogens is 362 g/mol. The summed E-state index contributed by atoms with van der Waals surface area (Å²) >= 11 is 0. The van der Waals surface area contributed by atoms with E-state index in [0.717, 1.165) is 23.3 Å². The Morgan fingerprint density at radius 1 is 1.11 bits per heavy atom. The van der Waals surface area contributed by atoms with Crippen molar-refractivity contribution in [2.75, 3.05) is 26.9 Å². The van der Waals surface area contributed by atoms with Crippen molar-refractivity contribution in [3.05, 3.63) is 53.1 Å². The Hall–Kier alpha value is -3.22. The summed E-state index contributed by atoms with van der Waals surface area (Å²) < 4.78 is 16.2. The first-order chi connectivity index (χ1) is 13.5. The fraction of sp³-hybridized carbons (Fsp3) is 0.333. The van der Waals surface area contributed by atoms with Gasteiger partial charge in [-0.2, -0.15) is 0 Å². The number of hydrogen-bond donors (Lipinski definition) is 1. The fourth-order valence-corrected chi connectivity index (χ4v) is 3.29. The van der Waals surface area contributed by atoms with Crippen LogP contribution < -0.4 is 14.2 Å². The first-order valence-corrected chi connectivity index (χ1v) is 9.09. The van der Waals surface area contributed by atoms with E-state index >= 15 is 0 Å². The minimum Gasteiger partial charge on any atom is -0.496 e. The van der Waals surface area contributed by atoms with Crippen LogP contribution in [0.3, 0.4) is 0 Å². The van der Waals surface area contributed by atoms with E-state index < -0.39 is 12.6 Å². The molecule has 2 aromatic rings. The van der Waals surface area contributed by atoms with Crippen LogP contribution in [0, 0.1) is 0 Å². The van der Waals surface area contributed by atoms with Gasteiger partial charge in [0.25, 0.3) is 5.91 Å². The maximum Gasteiger partial charge on any atom is 0.341 e. The van der Waals surface area contributed by atoms with Gasteiger partial charge in [-0.05, 0) is 43.2 Å². The van der Waals surface area contributed by atoms with Crippen molar-refractivity contribution in [2.45, 2.75) is 19.9 Å². The summed E-state index contributed by atoms with van der Waals surface area (Å²) in [6.07, 6.45) is 0.725. The number of fused-ring (bicyclic) bond motifs is 1. The molecule has 0 bridgehead atoms. The molecule has 1 aliphatic heterocycles. The van der Waals surface area contributed by atoms with Crippen molar-refractivity contribution in [3.8, 4) is 17.2 Å². The summed E-state index contributed by atoms with van der Waals surface area (Å²) in [4.78, 5) is 25.5. The third kappa shape index (κ3) is 4.19. The molecule has 2 aromatic carbocycles. The zero-order valence-corrected chi connectivity index (χ0v) is 15.9. The molecule has 1 N–H and O–H groups in total. The first kappa shape index (κ1) is 19.5. The smallest absolute Gasteiger partial charge is 0.341 e. The predicted octanol–water partition coefficient (Wildman–Crippen LogP) is 2.76. The molecule has 0 aliphatic carbocycles. The van der Waals surface area contributed by atoms with Crippen molar-refractivity contribution in [2.24, 2.45) is 0 Å². The molecule has 0 atom stereocenters. The van der Waals surface area contributed by atoms with Crippen LogP contribution in [0.1, 0.15) is 28.4 Å². The molecule has 1 heterocycles. The standard InChI is InChI=1S/C21H23NO6/c1-3-27-19-11-14(7-8-18(19)28-13-20(23)24)21(25)22-10-9-16-15(12-22)5-4-6-17(16)26-2/h4-8,11H,3,9-10,12-13H2,1-2H3,(H,23,24). The summed E-state index contributed by atoms with van der Waals surface area (Å²) in [5.41, 5.74) is 2.68. The Kier molecular flexibility index (Phi) is 6.03. The van der Waals surface area contributed by atoms with Gasteiger partial charge in [-0.15, -0.1) is 0 Å². The highest BCUT2D eigenvalue weighted by Gasteiger charge is 2.24. The zero-order valence-electron chi connectivity index (χ0n) is 15.9. The van der Waals surface area contributed by atoms with E-state index in [2.05, 4.69) is 0 Å². The molecule has 1 aliphatic rings. The fourth-order valence-electron chi connectivity index (χ4n) is 3.29. The summed E-state index contributed by atoms with van der Waals surface area (Å²) in [6, 6.07) is 10.7. The van der Waals surface area contributed by atoms with E-state index in [1.807, 2.05) is 25.1 Å². The van der Waals surface area contributed by atoms with Crippen LogP contribution in [-0.2, 0) is 17.8 Å². The van der Waals surface area contributed by atoms with Crippen LogP contribution in [0.2, 0.25) is 0 Å². The highest BCUT2D eigenvalue weighted by molar-refractivity contribution is 5.95. The quantitative estimate of drug-likeness (QED) is 0.789. The van der Waals surface area contributed by atoms with Crippen molar-refractivity contribution in [3.63, 3.8) is 0 Å². The number of methoxy groups -OCH3 is 1. The number of carbonyl (C=O) groups excluding carboxylic acids is 1. The molecule has 0 saturated heterocycles. The van der Waals surface area contributed by atoms with E-state index in [4.69, 9.17) is 19.3 Å². The largest absolute Gasteiger partial charge is 0.496 e. The number of rotatable bonds is 7. The zero-order chi connectivity index (χ0) is 20.1. The molecule has 1 amide bonds. The maximum atomic E-state index is 13.0. The molecule has 0 radical (unpaired) electrons. The number of ether oxygens (including phenoxy) is 3. The van der Waals surface area contributed by atoms with Gasteiger partial charge in [0.2, 0.25) is 0 Å². The Bertz CT molecular complexity index is 879. The highest BCUT2D eigenvalue weighted by atomic mass is 16.5. The molecule has 0 saturated carbocycles. The van der Waals surface area contributed by atoms with Crippen LogP contribution in [0.25, 0.3) is 0 Å². The molecule has 28 heavy (non-hydrogen) atoms. The van der Waals surface area contributed by atoms with Gasteiger partial charge in [0.05, 0.1) is 13.7 Å². The van der Waals surface area contributed by atoms with E-state index in [-0.39, 0.29) is 5.91 Å². The van der Waals surface area contributed by atoms with Crippen LogP contribution >= 0.6 is 0 Å². The van der Waals surface area contributed by atoms with Crippen molar-refractivity contribution in [1.82, 2.24) is 4.90 Å². The van der Waals surface area contributed by atoms with Gasteiger partial charge in [0, 0.05) is 24.2 Å². The van der Waals surface area contributed by atoms with E-state index in [1.54, 1.807) is 30.2 Å². The van der Waals surface area contributed by atoms with Gasteiger partial charge < -0.3 is 24.2 Å². The van der Waals surface area contributed by atoms with Crippen LogP contribution in [-0.4, -0.2) is 48.8 Å². The molecule has 7 nitrogen and oxygen atoms in total. The summed E-state index contributed by atoms with van der Waals surface area (Å²) in [5, 5.41) is 8.79. The van der Waals surface area contributed by atoms with E-state index in [0.29, 0.717) is 36.8 Å². The molecule has 7 heteroatoms. The lowest BCUT2D eigenvalue weighted by molar-refractivity contribution is -0.139. The van der Waals surface area contributed by atoms with Gasteiger partial charge in [0.15, 0.2) is 18.1 Å². The molecular formula is C21H23NO6. The van der Waals surface area contributed by atoms with Crippen molar-refractivity contribution >= 4 is 11.9 Å². The number of carboxylic acids is 1. The average molecular weight is 385 g/mol. The van der Waals surface area contributed by atoms with Gasteiger partial charge in [-0.25, -0.2) is 4.79 Å². The Balaban J connectivity index is 1.80. The van der Waals surface area contributed by atoms with Gasteiger partial charge >= 0.3 is 5.97 Å². The maximum absolute atomic E-state index is 13.0. The average Bonchev–Trinajstić information content (AvgIpc) is 2.71. The van der Waals surface area contributed by atoms with Gasteiger partial charge in [-0.3, -0.25) is 4.79 Å². The molecule has 0 fully saturated rings.